The lowest BCUT2D eigenvalue weighted by Crippen LogP contribution is -2.22. The van der Waals surface area contributed by atoms with E-state index >= 15 is 0 Å². The average molecular weight is 527 g/mol. The van der Waals surface area contributed by atoms with Gasteiger partial charge in [-0.3, -0.25) is 0 Å². The van der Waals surface area contributed by atoms with Crippen molar-refractivity contribution >= 4 is 38.5 Å². The van der Waals surface area contributed by atoms with Crippen molar-refractivity contribution in [3.05, 3.63) is 107 Å². The number of fused-ring (bicyclic) bond motifs is 2. The van der Waals surface area contributed by atoms with Gasteiger partial charge in [-0.25, -0.2) is 22.5 Å². The Morgan fingerprint density at radius 1 is 1.00 bits per heavy atom. The molecule has 7 heteroatoms. The Morgan fingerprint density at radius 3 is 2.50 bits per heavy atom. The Balaban J connectivity index is 1.54. The van der Waals surface area contributed by atoms with Crippen molar-refractivity contribution in [2.24, 2.45) is 5.92 Å². The maximum atomic E-state index is 13.7. The number of nitrogens with zero attached hydrogens (tertiary/aromatic N) is 2. The van der Waals surface area contributed by atoms with Gasteiger partial charge >= 0.3 is 5.97 Å². The summed E-state index contributed by atoms with van der Waals surface area (Å²) in [6, 6.07) is 24.3. The van der Waals surface area contributed by atoms with Crippen LogP contribution in [0.25, 0.3) is 22.6 Å². The number of esters is 1. The molecule has 0 aliphatic heterocycles. The van der Waals surface area contributed by atoms with Gasteiger partial charge in [0, 0.05) is 19.5 Å². The number of allylic oxidation sites excluding steroid dienone is 1. The standard InChI is InChI=1S/C31H30N2O4S/c1-21-16-24(18-22-10-5-4-6-11-22)30-27(17-21)29(26-14-7-8-15-28(26)32-30)31(34)37-20-23-12-9-13-25(19-23)38(35,36)33(2)3/h4-15,18-19,21H,16-17,20H2,1-3H3/b24-18+/t21-/m0/s1. The van der Waals surface area contributed by atoms with Gasteiger partial charge in [0.15, 0.2) is 0 Å². The second-order valence-electron chi connectivity index (χ2n) is 9.94. The summed E-state index contributed by atoms with van der Waals surface area (Å²) in [5.41, 5.74) is 5.82. The first-order valence-corrected chi connectivity index (χ1v) is 14.0. The maximum absolute atomic E-state index is 13.7. The van der Waals surface area contributed by atoms with Crippen LogP contribution in [0, 0.1) is 5.92 Å². The Bertz CT molecular complexity index is 1640. The molecule has 4 aromatic rings. The zero-order valence-corrected chi connectivity index (χ0v) is 22.5. The highest BCUT2D eigenvalue weighted by Crippen LogP contribution is 2.38. The highest BCUT2D eigenvalue weighted by atomic mass is 32.2. The van der Waals surface area contributed by atoms with Gasteiger partial charge in [-0.1, -0.05) is 67.6 Å². The normalized spacial score (nSPS) is 16.5. The van der Waals surface area contributed by atoms with Crippen molar-refractivity contribution in [3.8, 4) is 0 Å². The monoisotopic (exact) mass is 526 g/mol. The molecular weight excluding hydrogens is 496 g/mol. The summed E-state index contributed by atoms with van der Waals surface area (Å²) in [4.78, 5) is 18.8. The number of aromatic nitrogens is 1. The number of carbonyl (C=O) groups excluding carboxylic acids is 1. The molecule has 1 aromatic heterocycles. The van der Waals surface area contributed by atoms with Crippen molar-refractivity contribution in [2.45, 2.75) is 31.3 Å². The molecule has 194 valence electrons. The zero-order valence-electron chi connectivity index (χ0n) is 21.7. The lowest BCUT2D eigenvalue weighted by Gasteiger charge is -2.26. The van der Waals surface area contributed by atoms with E-state index in [2.05, 4.69) is 25.1 Å². The fourth-order valence-electron chi connectivity index (χ4n) is 4.95. The van der Waals surface area contributed by atoms with Crippen molar-refractivity contribution in [2.75, 3.05) is 14.1 Å². The van der Waals surface area contributed by atoms with E-state index in [1.807, 2.05) is 42.5 Å². The molecule has 5 rings (SSSR count). The summed E-state index contributed by atoms with van der Waals surface area (Å²) in [5.74, 6) is -0.103. The van der Waals surface area contributed by atoms with E-state index in [1.165, 1.54) is 20.2 Å². The first-order valence-electron chi connectivity index (χ1n) is 12.6. The number of benzene rings is 3. The van der Waals surface area contributed by atoms with E-state index in [1.54, 1.807) is 18.2 Å². The molecule has 1 aliphatic rings. The molecule has 1 atom stereocenters. The predicted molar refractivity (Wildman–Crippen MR) is 150 cm³/mol. The summed E-state index contributed by atoms with van der Waals surface area (Å²) in [6.07, 6.45) is 3.75. The van der Waals surface area contributed by atoms with Crippen molar-refractivity contribution < 1.29 is 17.9 Å². The van der Waals surface area contributed by atoms with E-state index in [4.69, 9.17) is 9.72 Å². The summed E-state index contributed by atoms with van der Waals surface area (Å²) in [7, 11) is -0.616. The average Bonchev–Trinajstić information content (AvgIpc) is 2.91. The number of rotatable bonds is 6. The molecule has 3 aromatic carbocycles. The van der Waals surface area contributed by atoms with E-state index in [0.717, 1.165) is 50.4 Å². The summed E-state index contributed by atoms with van der Waals surface area (Å²) >= 11 is 0. The predicted octanol–water partition coefficient (Wildman–Crippen LogP) is 5.97. The molecule has 6 nitrogen and oxygen atoms in total. The minimum absolute atomic E-state index is 0.0384. The SMILES string of the molecule is C[C@H]1C/C(=C\c2ccccc2)c2nc3ccccc3c(C(=O)OCc3cccc(S(=O)(=O)N(C)C)c3)c2C1. The number of hydrogen-bond acceptors (Lipinski definition) is 5. The Labute approximate surface area is 223 Å². The number of ether oxygens (including phenoxy) is 1. The number of hydrogen-bond donors (Lipinski definition) is 0. The van der Waals surface area contributed by atoms with Crippen LogP contribution in [0.5, 0.6) is 0 Å². The first kappa shape index (κ1) is 25.8. The highest BCUT2D eigenvalue weighted by molar-refractivity contribution is 7.89. The van der Waals surface area contributed by atoms with Crippen LogP contribution in [0.15, 0.2) is 83.8 Å². The lowest BCUT2D eigenvalue weighted by atomic mass is 9.80. The van der Waals surface area contributed by atoms with Gasteiger partial charge < -0.3 is 4.74 Å². The summed E-state index contributed by atoms with van der Waals surface area (Å²) in [5, 5.41) is 0.758. The van der Waals surface area contributed by atoms with Gasteiger partial charge in [-0.05, 0) is 65.3 Å². The fraction of sp³-hybridized carbons (Fsp3) is 0.226. The van der Waals surface area contributed by atoms with Crippen LogP contribution in [0.2, 0.25) is 0 Å². The van der Waals surface area contributed by atoms with Gasteiger partial charge in [0.25, 0.3) is 0 Å². The molecule has 0 saturated carbocycles. The van der Waals surface area contributed by atoms with Gasteiger partial charge in [-0.15, -0.1) is 0 Å². The molecule has 0 fully saturated rings. The third kappa shape index (κ3) is 5.12. The van der Waals surface area contributed by atoms with Crippen LogP contribution in [0.3, 0.4) is 0 Å². The molecular formula is C31H30N2O4S. The molecule has 0 N–H and O–H groups in total. The second-order valence-corrected chi connectivity index (χ2v) is 12.1. The largest absolute Gasteiger partial charge is 0.457 e. The number of para-hydroxylation sites is 1. The van der Waals surface area contributed by atoms with Crippen LogP contribution in [-0.4, -0.2) is 37.8 Å². The van der Waals surface area contributed by atoms with Gasteiger partial charge in [-0.2, -0.15) is 0 Å². The van der Waals surface area contributed by atoms with Crippen LogP contribution >= 0.6 is 0 Å². The minimum atomic E-state index is -3.59. The fourth-order valence-corrected chi connectivity index (χ4v) is 5.92. The van der Waals surface area contributed by atoms with Crippen LogP contribution in [0.1, 0.15) is 46.1 Å². The summed E-state index contributed by atoms with van der Waals surface area (Å²) < 4.78 is 32.1. The second kappa shape index (κ2) is 10.5. The van der Waals surface area contributed by atoms with Crippen LogP contribution < -0.4 is 0 Å². The molecule has 0 amide bonds. The number of carbonyl (C=O) groups is 1. The van der Waals surface area contributed by atoms with E-state index in [9.17, 15) is 13.2 Å². The smallest absolute Gasteiger partial charge is 0.339 e. The van der Waals surface area contributed by atoms with Crippen LogP contribution in [-0.2, 0) is 27.8 Å². The molecule has 0 saturated heterocycles. The molecule has 0 spiro atoms. The van der Waals surface area contributed by atoms with Gasteiger partial charge in [0.05, 0.1) is 21.7 Å². The Morgan fingerprint density at radius 2 is 1.74 bits per heavy atom. The van der Waals surface area contributed by atoms with Crippen molar-refractivity contribution in [3.63, 3.8) is 0 Å². The Hall–Kier alpha value is -3.81. The molecule has 1 heterocycles. The zero-order chi connectivity index (χ0) is 26.9. The number of pyridine rings is 1. The molecule has 38 heavy (non-hydrogen) atoms. The van der Waals surface area contributed by atoms with Crippen molar-refractivity contribution in [1.29, 1.82) is 0 Å². The van der Waals surface area contributed by atoms with E-state index < -0.39 is 16.0 Å². The lowest BCUT2D eigenvalue weighted by molar-refractivity contribution is 0.0473. The molecule has 0 radical (unpaired) electrons. The van der Waals surface area contributed by atoms with E-state index in [-0.39, 0.29) is 11.5 Å². The molecule has 0 bridgehead atoms. The first-order chi connectivity index (χ1) is 18.2. The third-order valence-electron chi connectivity index (χ3n) is 6.81. The highest BCUT2D eigenvalue weighted by Gasteiger charge is 2.29. The Kier molecular flexibility index (Phi) is 7.15. The topological polar surface area (TPSA) is 76.6 Å². The maximum Gasteiger partial charge on any atom is 0.339 e. The van der Waals surface area contributed by atoms with Crippen molar-refractivity contribution in [1.82, 2.24) is 9.29 Å². The third-order valence-corrected chi connectivity index (χ3v) is 8.62. The molecule has 1 aliphatic carbocycles. The van der Waals surface area contributed by atoms with Gasteiger partial charge in [0.2, 0.25) is 10.0 Å². The minimum Gasteiger partial charge on any atom is -0.457 e. The number of sulfonamides is 1. The van der Waals surface area contributed by atoms with Gasteiger partial charge in [0.1, 0.15) is 6.61 Å². The molecule has 0 unspecified atom stereocenters. The quantitative estimate of drug-likeness (QED) is 0.290. The van der Waals surface area contributed by atoms with Crippen LogP contribution in [0.4, 0.5) is 0 Å². The van der Waals surface area contributed by atoms with E-state index in [0.29, 0.717) is 17.0 Å². The summed E-state index contributed by atoms with van der Waals surface area (Å²) in [6.45, 7) is 2.14.